The van der Waals surface area contributed by atoms with Crippen LogP contribution in [0, 0.1) is 11.3 Å². The number of halogens is 2. The van der Waals surface area contributed by atoms with E-state index in [0.717, 1.165) is 0 Å². The molecule has 0 saturated heterocycles. The average Bonchev–Trinajstić information content (AvgIpc) is 2.61. The number of hydrogen-bond donors (Lipinski definition) is 0. The number of ether oxygens (including phenoxy) is 1. The molecule has 0 aliphatic rings. The molecule has 2 aromatic rings. The minimum Gasteiger partial charge on any atom is -0.465 e. The zero-order valence-electron chi connectivity index (χ0n) is 12.9. The molecule has 2 rings (SSSR count). The molecule has 5 nitrogen and oxygen atoms in total. The molecule has 0 radical (unpaired) electrons. The van der Waals surface area contributed by atoms with Gasteiger partial charge < -0.3 is 4.74 Å². The van der Waals surface area contributed by atoms with Gasteiger partial charge >= 0.3 is 5.97 Å². The lowest BCUT2D eigenvalue weighted by molar-refractivity contribution is 0.0600. The molecule has 0 saturated carbocycles. The highest BCUT2D eigenvalue weighted by molar-refractivity contribution is 7.95. The van der Waals surface area contributed by atoms with Gasteiger partial charge in [0, 0.05) is 5.02 Å². The van der Waals surface area contributed by atoms with Crippen LogP contribution in [0.3, 0.4) is 0 Å². The number of methoxy groups -OCH3 is 1. The van der Waals surface area contributed by atoms with Crippen molar-refractivity contribution in [1.29, 1.82) is 5.26 Å². The van der Waals surface area contributed by atoms with Gasteiger partial charge in [-0.15, -0.1) is 0 Å². The van der Waals surface area contributed by atoms with Crippen LogP contribution in [0.2, 0.25) is 10.0 Å². The molecule has 0 aliphatic heterocycles. The molecule has 2 aromatic carbocycles. The Morgan fingerprint density at radius 2 is 1.80 bits per heavy atom. The van der Waals surface area contributed by atoms with Crippen LogP contribution in [0.1, 0.15) is 15.9 Å². The first-order valence-electron chi connectivity index (χ1n) is 6.80. The Morgan fingerprint density at radius 1 is 1.16 bits per heavy atom. The largest absolute Gasteiger partial charge is 0.465 e. The van der Waals surface area contributed by atoms with Crippen molar-refractivity contribution in [3.63, 3.8) is 0 Å². The highest BCUT2D eigenvalue weighted by Gasteiger charge is 2.24. The highest BCUT2D eigenvalue weighted by Crippen LogP contribution is 2.30. The summed E-state index contributed by atoms with van der Waals surface area (Å²) >= 11 is 11.8. The number of hydrogen-bond acceptors (Lipinski definition) is 5. The number of benzene rings is 2. The summed E-state index contributed by atoms with van der Waals surface area (Å²) in [5.74, 6) is -0.519. The Kier molecular flexibility index (Phi) is 5.85. The number of carbonyl (C=O) groups is 1. The van der Waals surface area contributed by atoms with Crippen molar-refractivity contribution in [2.75, 3.05) is 7.11 Å². The van der Waals surface area contributed by atoms with Crippen LogP contribution in [0.4, 0.5) is 0 Å². The molecule has 0 amide bonds. The van der Waals surface area contributed by atoms with Crippen LogP contribution in [-0.2, 0) is 14.6 Å². The van der Waals surface area contributed by atoms with E-state index in [9.17, 15) is 18.5 Å². The lowest BCUT2D eigenvalue weighted by atomic mass is 10.1. The lowest BCUT2D eigenvalue weighted by Crippen LogP contribution is -2.04. The Labute approximate surface area is 155 Å². The van der Waals surface area contributed by atoms with Gasteiger partial charge in [-0.2, -0.15) is 5.26 Å². The molecule has 0 fully saturated rings. The van der Waals surface area contributed by atoms with Crippen molar-refractivity contribution in [2.24, 2.45) is 0 Å². The Balaban J connectivity index is 2.48. The van der Waals surface area contributed by atoms with Gasteiger partial charge in [0.1, 0.15) is 11.0 Å². The summed E-state index contributed by atoms with van der Waals surface area (Å²) < 4.78 is 29.9. The number of allylic oxidation sites excluding steroid dienone is 1. The van der Waals surface area contributed by atoms with Crippen LogP contribution in [0.25, 0.3) is 6.08 Å². The van der Waals surface area contributed by atoms with Crippen molar-refractivity contribution >= 4 is 45.1 Å². The van der Waals surface area contributed by atoms with Crippen molar-refractivity contribution in [1.82, 2.24) is 0 Å². The van der Waals surface area contributed by atoms with Crippen LogP contribution in [0.15, 0.2) is 52.3 Å². The number of rotatable bonds is 4. The summed E-state index contributed by atoms with van der Waals surface area (Å²) in [6, 6.07) is 11.6. The topological polar surface area (TPSA) is 84.2 Å². The van der Waals surface area contributed by atoms with E-state index >= 15 is 0 Å². The third kappa shape index (κ3) is 4.20. The predicted molar refractivity (Wildman–Crippen MR) is 95.0 cm³/mol. The Morgan fingerprint density at radius 3 is 2.36 bits per heavy atom. The molecule has 25 heavy (non-hydrogen) atoms. The van der Waals surface area contributed by atoms with E-state index in [1.54, 1.807) is 6.07 Å². The number of carbonyl (C=O) groups excluding carboxylic acids is 1. The molecule has 0 N–H and O–H groups in total. The summed E-state index contributed by atoms with van der Waals surface area (Å²) in [5.41, 5.74) is 0.727. The highest BCUT2D eigenvalue weighted by atomic mass is 35.5. The minimum atomic E-state index is -4.14. The van der Waals surface area contributed by atoms with Gasteiger partial charge in [0.25, 0.3) is 0 Å². The van der Waals surface area contributed by atoms with Crippen molar-refractivity contribution in [3.8, 4) is 6.07 Å². The van der Waals surface area contributed by atoms with Gasteiger partial charge in [-0.1, -0.05) is 35.3 Å². The molecular weight excluding hydrogens is 385 g/mol. The molecule has 0 spiro atoms. The van der Waals surface area contributed by atoms with E-state index in [1.165, 1.54) is 55.7 Å². The molecular formula is C17H11Cl2NO4S. The number of nitrogens with zero attached hydrogens (tertiary/aromatic N) is 1. The molecule has 0 bridgehead atoms. The summed E-state index contributed by atoms with van der Waals surface area (Å²) in [5, 5.41) is 9.43. The van der Waals surface area contributed by atoms with Gasteiger partial charge in [0.2, 0.25) is 9.84 Å². The number of esters is 1. The fourth-order valence-electron chi connectivity index (χ4n) is 1.96. The van der Waals surface area contributed by atoms with Crippen LogP contribution >= 0.6 is 23.2 Å². The maximum absolute atomic E-state index is 12.7. The average molecular weight is 396 g/mol. The monoisotopic (exact) mass is 395 g/mol. The fourth-order valence-corrected chi connectivity index (χ4v) is 3.87. The van der Waals surface area contributed by atoms with Gasteiger partial charge in [-0.25, -0.2) is 13.2 Å². The fraction of sp³-hybridized carbons (Fsp3) is 0.0588. The third-order valence-electron chi connectivity index (χ3n) is 3.21. The maximum atomic E-state index is 12.7. The number of sulfone groups is 1. The standard InChI is InChI=1S/C17H11Cl2NO4S/c1-24-17(21)12-4-2-11(3-5-12)8-14(10-20)25(22,23)16-9-13(18)6-7-15(16)19/h2-9H,1H3/b14-8+. The second-order valence-corrected chi connectivity index (χ2v) is 7.54. The van der Waals surface area contributed by atoms with E-state index in [4.69, 9.17) is 23.2 Å². The van der Waals surface area contributed by atoms with Crippen LogP contribution in [-0.4, -0.2) is 21.5 Å². The van der Waals surface area contributed by atoms with Crippen molar-refractivity contribution in [2.45, 2.75) is 4.90 Å². The summed E-state index contributed by atoms with van der Waals surface area (Å²) in [6.07, 6.45) is 1.19. The number of nitriles is 1. The summed E-state index contributed by atoms with van der Waals surface area (Å²) in [7, 11) is -2.89. The molecule has 0 aliphatic carbocycles. The maximum Gasteiger partial charge on any atom is 0.337 e. The lowest BCUT2D eigenvalue weighted by Gasteiger charge is -2.06. The molecule has 0 atom stereocenters. The molecule has 0 heterocycles. The quantitative estimate of drug-likeness (QED) is 0.574. The first kappa shape index (κ1) is 19.0. The normalized spacial score (nSPS) is 11.7. The second kappa shape index (κ2) is 7.70. The molecule has 8 heteroatoms. The second-order valence-electron chi connectivity index (χ2n) is 4.81. The van der Waals surface area contributed by atoms with E-state index < -0.39 is 20.7 Å². The Hall–Kier alpha value is -2.33. The van der Waals surface area contributed by atoms with E-state index in [1.807, 2.05) is 0 Å². The van der Waals surface area contributed by atoms with Gasteiger partial charge in [0.05, 0.1) is 22.6 Å². The molecule has 128 valence electrons. The molecule has 0 aromatic heterocycles. The van der Waals surface area contributed by atoms with Gasteiger partial charge in [0.15, 0.2) is 0 Å². The van der Waals surface area contributed by atoms with E-state index in [-0.39, 0.29) is 14.9 Å². The van der Waals surface area contributed by atoms with Crippen molar-refractivity contribution < 1.29 is 17.9 Å². The summed E-state index contributed by atoms with van der Waals surface area (Å²) in [4.78, 5) is 10.7. The first-order chi connectivity index (χ1) is 11.8. The zero-order chi connectivity index (χ0) is 18.6. The van der Waals surface area contributed by atoms with Gasteiger partial charge in [-0.3, -0.25) is 0 Å². The van der Waals surface area contributed by atoms with E-state index in [2.05, 4.69) is 4.74 Å². The predicted octanol–water partition coefficient (Wildman–Crippen LogP) is 4.12. The zero-order valence-corrected chi connectivity index (χ0v) is 15.2. The minimum absolute atomic E-state index is 0.0356. The smallest absolute Gasteiger partial charge is 0.337 e. The molecule has 0 unspecified atom stereocenters. The third-order valence-corrected chi connectivity index (χ3v) is 5.59. The first-order valence-corrected chi connectivity index (χ1v) is 9.04. The Bertz CT molecular complexity index is 990. The summed E-state index contributed by atoms with van der Waals surface area (Å²) in [6.45, 7) is 0. The SMILES string of the molecule is COC(=O)c1ccc(/C=C(\C#N)S(=O)(=O)c2cc(Cl)ccc2Cl)cc1. The van der Waals surface area contributed by atoms with E-state index in [0.29, 0.717) is 11.1 Å². The van der Waals surface area contributed by atoms with Crippen LogP contribution in [0.5, 0.6) is 0 Å². The van der Waals surface area contributed by atoms with Crippen LogP contribution < -0.4 is 0 Å². The van der Waals surface area contributed by atoms with Gasteiger partial charge in [-0.05, 0) is 42.0 Å². The van der Waals surface area contributed by atoms with Crippen molar-refractivity contribution in [3.05, 3.63) is 68.5 Å².